The lowest BCUT2D eigenvalue weighted by Gasteiger charge is -2.20. The van der Waals surface area contributed by atoms with Crippen molar-refractivity contribution in [3.63, 3.8) is 0 Å². The van der Waals surface area contributed by atoms with Crippen molar-refractivity contribution in [3.05, 3.63) is 22.4 Å². The molecule has 0 heterocycles. The Morgan fingerprint density at radius 3 is 2.82 bits per heavy atom. The number of nitrogens with one attached hydrogen (secondary N) is 1. The van der Waals surface area contributed by atoms with Gasteiger partial charge in [-0.25, -0.2) is 4.39 Å². The summed E-state index contributed by atoms with van der Waals surface area (Å²) in [4.78, 5) is 0. The van der Waals surface area contributed by atoms with Crippen LogP contribution in [0.15, 0.2) is 16.6 Å². The van der Waals surface area contributed by atoms with Crippen LogP contribution in [0.4, 0.5) is 15.8 Å². The fourth-order valence-electron chi connectivity index (χ4n) is 1.65. The second-order valence-corrected chi connectivity index (χ2v) is 4.79. The third-order valence-corrected chi connectivity index (χ3v) is 3.06. The second kappa shape index (κ2) is 6.81. The Labute approximate surface area is 110 Å². The summed E-state index contributed by atoms with van der Waals surface area (Å²) in [7, 11) is 1.66. The first kappa shape index (κ1) is 14.3. The molecule has 0 amide bonds. The topological polar surface area (TPSA) is 47.3 Å². The van der Waals surface area contributed by atoms with E-state index in [4.69, 9.17) is 10.5 Å². The van der Waals surface area contributed by atoms with Crippen LogP contribution >= 0.6 is 15.9 Å². The molecule has 1 rings (SSSR count). The van der Waals surface area contributed by atoms with Gasteiger partial charge in [-0.2, -0.15) is 0 Å². The van der Waals surface area contributed by atoms with Crippen LogP contribution in [0, 0.1) is 5.82 Å². The summed E-state index contributed by atoms with van der Waals surface area (Å²) in [6, 6.07) is 3.15. The molecule has 0 saturated carbocycles. The van der Waals surface area contributed by atoms with Crippen LogP contribution in [0.1, 0.15) is 19.8 Å². The molecule has 0 bridgehead atoms. The van der Waals surface area contributed by atoms with E-state index in [0.717, 1.165) is 18.5 Å². The molecule has 3 N–H and O–H groups in total. The van der Waals surface area contributed by atoms with Gasteiger partial charge in [-0.3, -0.25) is 0 Å². The smallest absolute Gasteiger partial charge is 0.139 e. The van der Waals surface area contributed by atoms with E-state index in [9.17, 15) is 4.39 Å². The average molecular weight is 305 g/mol. The van der Waals surface area contributed by atoms with Crippen LogP contribution < -0.4 is 11.1 Å². The SMILES string of the molecule is CCCC(COC)Nc1cc(Br)c(F)cc1N. The lowest BCUT2D eigenvalue weighted by molar-refractivity contribution is 0.182. The van der Waals surface area contributed by atoms with E-state index in [-0.39, 0.29) is 11.9 Å². The van der Waals surface area contributed by atoms with Crippen molar-refractivity contribution in [2.45, 2.75) is 25.8 Å². The van der Waals surface area contributed by atoms with Gasteiger partial charge in [0.15, 0.2) is 0 Å². The van der Waals surface area contributed by atoms with Gasteiger partial charge in [0.25, 0.3) is 0 Å². The normalized spacial score (nSPS) is 12.5. The molecule has 5 heteroatoms. The van der Waals surface area contributed by atoms with Gasteiger partial charge in [-0.05, 0) is 28.4 Å². The number of halogens is 2. The number of hydrogen-bond acceptors (Lipinski definition) is 3. The Morgan fingerprint density at radius 2 is 2.24 bits per heavy atom. The van der Waals surface area contributed by atoms with E-state index in [1.807, 2.05) is 0 Å². The average Bonchev–Trinajstić information content (AvgIpc) is 2.26. The molecule has 0 aliphatic heterocycles. The van der Waals surface area contributed by atoms with E-state index >= 15 is 0 Å². The van der Waals surface area contributed by atoms with Crippen molar-refractivity contribution in [1.82, 2.24) is 0 Å². The maximum absolute atomic E-state index is 13.2. The fraction of sp³-hybridized carbons (Fsp3) is 0.500. The first-order valence-electron chi connectivity index (χ1n) is 5.58. The summed E-state index contributed by atoms with van der Waals surface area (Å²) in [5.41, 5.74) is 6.90. The minimum Gasteiger partial charge on any atom is -0.397 e. The zero-order valence-electron chi connectivity index (χ0n) is 10.1. The standard InChI is InChI=1S/C12H18BrFN2O/c1-3-4-8(7-17-2)16-12-5-9(13)10(14)6-11(12)15/h5-6,8,16H,3-4,7,15H2,1-2H3. The van der Waals surface area contributed by atoms with Crippen molar-refractivity contribution in [1.29, 1.82) is 0 Å². The molecule has 1 atom stereocenters. The molecule has 0 aromatic heterocycles. The van der Waals surface area contributed by atoms with Crippen LogP contribution in [0.3, 0.4) is 0 Å². The molecule has 1 aromatic carbocycles. The molecule has 0 radical (unpaired) electrons. The Hall–Kier alpha value is -0.810. The fourth-order valence-corrected chi connectivity index (χ4v) is 2.00. The zero-order chi connectivity index (χ0) is 12.8. The first-order chi connectivity index (χ1) is 8.08. The van der Waals surface area contributed by atoms with Crippen LogP contribution in [0.25, 0.3) is 0 Å². The number of anilines is 2. The molecular weight excluding hydrogens is 287 g/mol. The van der Waals surface area contributed by atoms with E-state index in [2.05, 4.69) is 28.2 Å². The Balaban J connectivity index is 2.81. The molecule has 1 unspecified atom stereocenters. The maximum Gasteiger partial charge on any atom is 0.139 e. The van der Waals surface area contributed by atoms with Gasteiger partial charge in [0.05, 0.1) is 22.5 Å². The van der Waals surface area contributed by atoms with Gasteiger partial charge < -0.3 is 15.8 Å². The highest BCUT2D eigenvalue weighted by Gasteiger charge is 2.11. The van der Waals surface area contributed by atoms with Gasteiger partial charge in [-0.1, -0.05) is 13.3 Å². The number of nitrogens with two attached hydrogens (primary N) is 1. The molecule has 3 nitrogen and oxygen atoms in total. The number of hydrogen-bond donors (Lipinski definition) is 2. The Bertz CT molecular complexity index is 368. The largest absolute Gasteiger partial charge is 0.397 e. The lowest BCUT2D eigenvalue weighted by Crippen LogP contribution is -2.25. The van der Waals surface area contributed by atoms with Crippen molar-refractivity contribution in [2.24, 2.45) is 0 Å². The number of nitrogen functional groups attached to an aromatic ring is 1. The minimum atomic E-state index is -0.355. The minimum absolute atomic E-state index is 0.185. The van der Waals surface area contributed by atoms with E-state index < -0.39 is 0 Å². The van der Waals surface area contributed by atoms with Gasteiger partial charge in [0.1, 0.15) is 5.82 Å². The van der Waals surface area contributed by atoms with E-state index in [1.54, 1.807) is 13.2 Å². The van der Waals surface area contributed by atoms with Crippen molar-refractivity contribution < 1.29 is 9.13 Å². The summed E-state index contributed by atoms with van der Waals surface area (Å²) in [6.45, 7) is 2.70. The van der Waals surface area contributed by atoms with Gasteiger partial charge in [0, 0.05) is 19.2 Å². The Morgan fingerprint density at radius 1 is 1.53 bits per heavy atom. The predicted octanol–water partition coefficient (Wildman–Crippen LogP) is 3.40. The summed E-state index contributed by atoms with van der Waals surface area (Å²) in [5, 5.41) is 3.27. The predicted molar refractivity (Wildman–Crippen MR) is 72.7 cm³/mol. The summed E-state index contributed by atoms with van der Waals surface area (Å²) >= 11 is 3.15. The van der Waals surface area contributed by atoms with Crippen LogP contribution in [-0.4, -0.2) is 19.8 Å². The molecule has 0 saturated heterocycles. The van der Waals surface area contributed by atoms with E-state index in [1.165, 1.54) is 6.07 Å². The zero-order valence-corrected chi connectivity index (χ0v) is 11.7. The van der Waals surface area contributed by atoms with Crippen LogP contribution in [0.2, 0.25) is 0 Å². The highest BCUT2D eigenvalue weighted by molar-refractivity contribution is 9.10. The monoisotopic (exact) mass is 304 g/mol. The molecule has 0 spiro atoms. The second-order valence-electron chi connectivity index (χ2n) is 3.94. The molecule has 17 heavy (non-hydrogen) atoms. The molecular formula is C12H18BrFN2O. The summed E-state index contributed by atoms with van der Waals surface area (Å²) in [5.74, 6) is -0.355. The number of ether oxygens (including phenoxy) is 1. The first-order valence-corrected chi connectivity index (χ1v) is 6.37. The van der Waals surface area contributed by atoms with Crippen LogP contribution in [-0.2, 0) is 4.74 Å². The van der Waals surface area contributed by atoms with E-state index in [0.29, 0.717) is 16.8 Å². The number of methoxy groups -OCH3 is 1. The maximum atomic E-state index is 13.2. The summed E-state index contributed by atoms with van der Waals surface area (Å²) in [6.07, 6.45) is 2.02. The van der Waals surface area contributed by atoms with Gasteiger partial charge in [-0.15, -0.1) is 0 Å². The Kier molecular flexibility index (Phi) is 5.71. The molecule has 1 aromatic rings. The summed E-state index contributed by atoms with van der Waals surface area (Å²) < 4.78 is 18.8. The highest BCUT2D eigenvalue weighted by atomic mass is 79.9. The number of rotatable bonds is 6. The van der Waals surface area contributed by atoms with Gasteiger partial charge >= 0.3 is 0 Å². The molecule has 0 fully saturated rings. The highest BCUT2D eigenvalue weighted by Crippen LogP contribution is 2.27. The van der Waals surface area contributed by atoms with Crippen molar-refractivity contribution >= 4 is 27.3 Å². The molecule has 0 aliphatic carbocycles. The van der Waals surface area contributed by atoms with Gasteiger partial charge in [0.2, 0.25) is 0 Å². The van der Waals surface area contributed by atoms with Crippen LogP contribution in [0.5, 0.6) is 0 Å². The lowest BCUT2D eigenvalue weighted by atomic mass is 10.1. The van der Waals surface area contributed by atoms with Crippen molar-refractivity contribution in [2.75, 3.05) is 24.8 Å². The quantitative estimate of drug-likeness (QED) is 0.792. The molecule has 96 valence electrons. The third-order valence-electron chi connectivity index (χ3n) is 2.46. The number of benzene rings is 1. The van der Waals surface area contributed by atoms with Crippen molar-refractivity contribution in [3.8, 4) is 0 Å². The molecule has 0 aliphatic rings. The third kappa shape index (κ3) is 4.16.